The van der Waals surface area contributed by atoms with Gasteiger partial charge in [-0.15, -0.1) is 0 Å². The molecule has 4 rings (SSSR count). The number of carbonyl (C=O) groups excluding carboxylic acids is 1. The Labute approximate surface area is 177 Å². The first-order chi connectivity index (χ1) is 14.7. The van der Waals surface area contributed by atoms with Gasteiger partial charge in [0.05, 0.1) is 4.90 Å². The summed E-state index contributed by atoms with van der Waals surface area (Å²) in [5.74, 6) is -1.23. The van der Waals surface area contributed by atoms with E-state index in [1.807, 2.05) is 0 Å². The lowest BCUT2D eigenvalue weighted by Gasteiger charge is -2.16. The molecule has 1 aliphatic carbocycles. The number of alkyl halides is 3. The lowest BCUT2D eigenvalue weighted by atomic mass is 9.89. The van der Waals surface area contributed by atoms with Gasteiger partial charge in [0.25, 0.3) is 5.56 Å². The third-order valence-electron chi connectivity index (χ3n) is 4.93. The van der Waals surface area contributed by atoms with Gasteiger partial charge in [0.2, 0.25) is 0 Å². The van der Waals surface area contributed by atoms with Crippen molar-refractivity contribution in [3.63, 3.8) is 0 Å². The molecule has 2 heterocycles. The molecule has 1 fully saturated rings. The second-order valence-corrected chi connectivity index (χ2v) is 8.23. The number of hydrogen-bond acceptors (Lipinski definition) is 6. The van der Waals surface area contributed by atoms with Gasteiger partial charge < -0.3 is 4.98 Å². The molecule has 0 bridgehead atoms. The second-order valence-electron chi connectivity index (χ2n) is 7.12. The molecule has 0 radical (unpaired) electrons. The monoisotopic (exact) mass is 450 g/mol. The van der Waals surface area contributed by atoms with Gasteiger partial charge in [-0.1, -0.05) is 6.07 Å². The molecule has 0 unspecified atom stereocenters. The zero-order chi connectivity index (χ0) is 22.2. The number of rotatable bonds is 6. The van der Waals surface area contributed by atoms with Gasteiger partial charge in [0, 0.05) is 30.3 Å². The summed E-state index contributed by atoms with van der Waals surface area (Å²) in [7, 11) is 0. The van der Waals surface area contributed by atoms with Crippen LogP contribution in [0.5, 0.6) is 0 Å². The highest BCUT2D eigenvalue weighted by Gasteiger charge is 2.46. The summed E-state index contributed by atoms with van der Waals surface area (Å²) in [6, 6.07) is 6.18. The molecule has 0 aliphatic heterocycles. The molecule has 0 spiro atoms. The van der Waals surface area contributed by atoms with Crippen LogP contribution in [0.4, 0.5) is 17.6 Å². The number of benzene rings is 1. The fourth-order valence-electron chi connectivity index (χ4n) is 3.28. The van der Waals surface area contributed by atoms with Crippen LogP contribution >= 0.6 is 11.8 Å². The fourth-order valence-corrected chi connectivity index (χ4v) is 3.82. The summed E-state index contributed by atoms with van der Waals surface area (Å²) in [4.78, 5) is 38.9. The van der Waals surface area contributed by atoms with Gasteiger partial charge in [0.1, 0.15) is 11.5 Å². The van der Waals surface area contributed by atoms with Crippen LogP contribution in [0.2, 0.25) is 0 Å². The minimum absolute atomic E-state index is 0.0425. The van der Waals surface area contributed by atoms with E-state index in [4.69, 9.17) is 0 Å². The van der Waals surface area contributed by atoms with Gasteiger partial charge >= 0.3 is 5.51 Å². The van der Waals surface area contributed by atoms with Crippen molar-refractivity contribution in [1.29, 1.82) is 0 Å². The van der Waals surface area contributed by atoms with Gasteiger partial charge in [-0.05, 0) is 48.4 Å². The molecular formula is C20H14F4N4O2S. The molecule has 1 aromatic carbocycles. The Morgan fingerprint density at radius 1 is 1.16 bits per heavy atom. The smallest absolute Gasteiger partial charge is 0.304 e. The van der Waals surface area contributed by atoms with Crippen molar-refractivity contribution in [2.24, 2.45) is 0 Å². The Morgan fingerprint density at radius 2 is 1.87 bits per heavy atom. The first-order valence-corrected chi connectivity index (χ1v) is 9.95. The normalized spacial score (nSPS) is 15.0. The number of thioether (sulfide) groups is 1. The minimum atomic E-state index is -4.60. The van der Waals surface area contributed by atoms with E-state index in [1.165, 1.54) is 18.5 Å². The summed E-state index contributed by atoms with van der Waals surface area (Å²) < 4.78 is 51.8. The van der Waals surface area contributed by atoms with Crippen molar-refractivity contribution >= 4 is 17.5 Å². The van der Waals surface area contributed by atoms with E-state index >= 15 is 0 Å². The van der Waals surface area contributed by atoms with Crippen molar-refractivity contribution < 1.29 is 22.4 Å². The maximum absolute atomic E-state index is 14.2. The van der Waals surface area contributed by atoms with Crippen molar-refractivity contribution in [3.8, 4) is 11.6 Å². The number of halogens is 4. The lowest BCUT2D eigenvalue weighted by molar-refractivity contribution is -0.0329. The Balaban J connectivity index is 1.57. The van der Waals surface area contributed by atoms with Crippen LogP contribution < -0.4 is 5.56 Å². The molecule has 2 aromatic heterocycles. The number of aromatic nitrogens is 4. The Morgan fingerprint density at radius 3 is 2.48 bits per heavy atom. The maximum atomic E-state index is 14.2. The molecule has 1 saturated carbocycles. The molecule has 31 heavy (non-hydrogen) atoms. The van der Waals surface area contributed by atoms with Crippen molar-refractivity contribution in [2.45, 2.75) is 35.1 Å². The van der Waals surface area contributed by atoms with E-state index in [9.17, 15) is 27.2 Å². The van der Waals surface area contributed by atoms with E-state index < -0.39 is 44.7 Å². The Kier molecular flexibility index (Phi) is 5.38. The summed E-state index contributed by atoms with van der Waals surface area (Å²) >= 11 is -0.523. The predicted octanol–water partition coefficient (Wildman–Crippen LogP) is 4.28. The number of carbonyl (C=O) groups is 1. The van der Waals surface area contributed by atoms with E-state index in [0.29, 0.717) is 18.4 Å². The molecule has 1 aliphatic rings. The molecule has 0 amide bonds. The topological polar surface area (TPSA) is 88.6 Å². The predicted molar refractivity (Wildman–Crippen MR) is 104 cm³/mol. The van der Waals surface area contributed by atoms with Crippen LogP contribution in [0.3, 0.4) is 0 Å². The van der Waals surface area contributed by atoms with Gasteiger partial charge in [-0.3, -0.25) is 9.59 Å². The molecule has 6 nitrogen and oxygen atoms in total. The van der Waals surface area contributed by atoms with Crippen LogP contribution in [0.1, 0.15) is 35.3 Å². The number of nitrogens with one attached hydrogen (secondary N) is 1. The first-order valence-electron chi connectivity index (χ1n) is 9.13. The number of H-pyrrole nitrogens is 1. The van der Waals surface area contributed by atoms with E-state index in [-0.39, 0.29) is 23.8 Å². The summed E-state index contributed by atoms with van der Waals surface area (Å²) in [6.07, 6.45) is 4.02. The van der Waals surface area contributed by atoms with Crippen LogP contribution in [0, 0.1) is 5.82 Å². The number of nitrogens with zero attached hydrogens (tertiary/aromatic N) is 3. The zero-order valence-corrected chi connectivity index (χ0v) is 16.6. The zero-order valence-electron chi connectivity index (χ0n) is 15.7. The van der Waals surface area contributed by atoms with Crippen molar-refractivity contribution in [2.75, 3.05) is 0 Å². The van der Waals surface area contributed by atoms with Crippen molar-refractivity contribution in [3.05, 3.63) is 70.2 Å². The van der Waals surface area contributed by atoms with Crippen LogP contribution in [0.25, 0.3) is 11.6 Å². The summed E-state index contributed by atoms with van der Waals surface area (Å²) in [5.41, 5.74) is -5.47. The van der Waals surface area contributed by atoms with Crippen LogP contribution in [-0.4, -0.2) is 31.2 Å². The van der Waals surface area contributed by atoms with E-state index in [1.54, 1.807) is 6.07 Å². The quantitative estimate of drug-likeness (QED) is 0.343. The lowest BCUT2D eigenvalue weighted by Crippen LogP contribution is -2.19. The van der Waals surface area contributed by atoms with Crippen LogP contribution in [0.15, 0.2) is 52.4 Å². The third kappa shape index (κ3) is 4.82. The number of Topliss-reactive ketones (excluding diaryl/α,β-unsaturated/α-hetero) is 1. The van der Waals surface area contributed by atoms with Gasteiger partial charge in [-0.25, -0.2) is 19.3 Å². The Bertz CT molecular complexity index is 1190. The number of aromatic amines is 1. The maximum Gasteiger partial charge on any atom is 0.446 e. The van der Waals surface area contributed by atoms with Gasteiger partial charge in [-0.2, -0.15) is 13.2 Å². The fraction of sp³-hybridized carbons (Fsp3) is 0.250. The number of hydrogen-bond donors (Lipinski definition) is 1. The highest BCUT2D eigenvalue weighted by molar-refractivity contribution is 8.00. The number of ketones is 1. The molecule has 11 heteroatoms. The molecule has 3 aromatic rings. The highest BCUT2D eigenvalue weighted by atomic mass is 32.2. The molecule has 160 valence electrons. The average molecular weight is 450 g/mol. The summed E-state index contributed by atoms with van der Waals surface area (Å²) in [6.45, 7) is 0. The van der Waals surface area contributed by atoms with E-state index in [2.05, 4.69) is 19.9 Å². The van der Waals surface area contributed by atoms with Crippen LogP contribution in [-0.2, 0) is 5.41 Å². The highest BCUT2D eigenvalue weighted by Crippen LogP contribution is 2.52. The standard InChI is InChI=1S/C20H14F4N4O2S/c21-12-8-11(2-3-15(12)31-20(22,23)24)19(4-5-19)10-14(29)13-9-16(30)28-18(27-13)17-25-6-1-7-26-17/h1-3,6-9H,4-5,10H2,(H,27,28,30). The van der Waals surface area contributed by atoms with Crippen molar-refractivity contribution in [1.82, 2.24) is 19.9 Å². The molecule has 1 N–H and O–H groups in total. The SMILES string of the molecule is O=C(CC1(c2ccc(SC(F)(F)F)c(F)c2)CC1)c1cc(=O)[nH]c(-c2ncccn2)n1. The molecular weight excluding hydrogens is 436 g/mol. The molecule has 0 saturated heterocycles. The van der Waals surface area contributed by atoms with E-state index in [0.717, 1.165) is 18.2 Å². The Hall–Kier alpha value is -3.08. The minimum Gasteiger partial charge on any atom is -0.304 e. The first kappa shape index (κ1) is 21.2. The third-order valence-corrected chi connectivity index (χ3v) is 5.71. The summed E-state index contributed by atoms with van der Waals surface area (Å²) in [5, 5.41) is 0. The largest absolute Gasteiger partial charge is 0.446 e. The van der Waals surface area contributed by atoms with Gasteiger partial charge in [0.15, 0.2) is 17.4 Å². The second kappa shape index (κ2) is 7.88. The molecule has 0 atom stereocenters. The average Bonchev–Trinajstić information content (AvgIpc) is 3.49.